The molecule has 6 heteroatoms. The summed E-state index contributed by atoms with van der Waals surface area (Å²) in [6.45, 7) is 0.336. The lowest BCUT2D eigenvalue weighted by atomic mass is 10.2. The molecule has 0 radical (unpaired) electrons. The summed E-state index contributed by atoms with van der Waals surface area (Å²) < 4.78 is 15.2. The van der Waals surface area contributed by atoms with Gasteiger partial charge in [-0.05, 0) is 23.8 Å². The van der Waals surface area contributed by atoms with Crippen LogP contribution in [0.1, 0.15) is 5.56 Å². The van der Waals surface area contributed by atoms with Crippen LogP contribution in [-0.4, -0.2) is 9.49 Å². The molecular weight excluding hydrogens is 295 g/mol. The highest BCUT2D eigenvalue weighted by atomic mass is 35.5. The molecule has 0 aliphatic rings. The van der Waals surface area contributed by atoms with Gasteiger partial charge in [-0.25, -0.2) is 4.39 Å². The summed E-state index contributed by atoms with van der Waals surface area (Å²) in [4.78, 5) is 10.7. The normalized spacial score (nSPS) is 11.0. The molecule has 2 aromatic carbocycles. The van der Waals surface area contributed by atoms with Crippen LogP contribution in [0.3, 0.4) is 0 Å². The summed E-state index contributed by atoms with van der Waals surface area (Å²) in [6, 6.07) is 11.2. The van der Waals surface area contributed by atoms with Gasteiger partial charge in [-0.3, -0.25) is 10.1 Å². The Bertz CT molecular complexity index is 845. The number of halogens is 2. The van der Waals surface area contributed by atoms with Crippen molar-refractivity contribution in [1.82, 2.24) is 4.57 Å². The molecule has 0 saturated heterocycles. The summed E-state index contributed by atoms with van der Waals surface area (Å²) in [5, 5.41) is 12.0. The predicted octanol–water partition coefficient (Wildman–Crippen LogP) is 4.39. The highest BCUT2D eigenvalue weighted by molar-refractivity contribution is 6.30. The summed E-state index contributed by atoms with van der Waals surface area (Å²) in [6.07, 6.45) is 1.75. The second-order valence-electron chi connectivity index (χ2n) is 4.66. The molecule has 4 nitrogen and oxygen atoms in total. The van der Waals surface area contributed by atoms with Crippen molar-refractivity contribution in [2.75, 3.05) is 0 Å². The quantitative estimate of drug-likeness (QED) is 0.532. The predicted molar refractivity (Wildman–Crippen MR) is 79.1 cm³/mol. The van der Waals surface area contributed by atoms with Gasteiger partial charge in [0.25, 0.3) is 5.69 Å². The molecule has 1 aromatic heterocycles. The van der Waals surface area contributed by atoms with Gasteiger partial charge in [0.15, 0.2) is 0 Å². The fraction of sp³-hybridized carbons (Fsp3) is 0.0667. The molecule has 0 aliphatic heterocycles. The SMILES string of the molecule is O=[N+]([O-])c1cccc2ccn(Cc3ccc(Cl)c(F)c3)c12. The average Bonchev–Trinajstić information content (AvgIpc) is 2.86. The monoisotopic (exact) mass is 304 g/mol. The largest absolute Gasteiger partial charge is 0.337 e. The van der Waals surface area contributed by atoms with Crippen LogP contribution in [0.5, 0.6) is 0 Å². The molecular formula is C15H10ClFN2O2. The third kappa shape index (κ3) is 2.48. The van der Waals surface area contributed by atoms with Crippen molar-refractivity contribution in [3.05, 3.63) is 75.2 Å². The van der Waals surface area contributed by atoms with Crippen LogP contribution in [0.4, 0.5) is 10.1 Å². The highest BCUT2D eigenvalue weighted by Crippen LogP contribution is 2.27. The van der Waals surface area contributed by atoms with Crippen molar-refractivity contribution >= 4 is 28.2 Å². The lowest BCUT2D eigenvalue weighted by Crippen LogP contribution is -2.01. The zero-order valence-electron chi connectivity index (χ0n) is 10.8. The number of aromatic nitrogens is 1. The first kappa shape index (κ1) is 13.6. The maximum atomic E-state index is 13.5. The van der Waals surface area contributed by atoms with E-state index in [1.807, 2.05) is 0 Å². The second kappa shape index (κ2) is 5.18. The minimum Gasteiger partial charge on any atom is -0.337 e. The summed E-state index contributed by atoms with van der Waals surface area (Å²) in [7, 11) is 0. The van der Waals surface area contributed by atoms with Gasteiger partial charge in [0.1, 0.15) is 11.3 Å². The molecule has 0 amide bonds. The Morgan fingerprint density at radius 1 is 1.24 bits per heavy atom. The molecule has 21 heavy (non-hydrogen) atoms. The third-order valence-electron chi connectivity index (χ3n) is 3.30. The molecule has 1 heterocycles. The molecule has 0 unspecified atom stereocenters. The van der Waals surface area contributed by atoms with Crippen LogP contribution in [0.15, 0.2) is 48.7 Å². The minimum atomic E-state index is -0.500. The molecule has 0 saturated carbocycles. The lowest BCUT2D eigenvalue weighted by molar-refractivity contribution is -0.383. The van der Waals surface area contributed by atoms with E-state index < -0.39 is 10.7 Å². The molecule has 0 spiro atoms. The van der Waals surface area contributed by atoms with E-state index in [0.29, 0.717) is 17.6 Å². The second-order valence-corrected chi connectivity index (χ2v) is 5.07. The van der Waals surface area contributed by atoms with Crippen molar-refractivity contribution < 1.29 is 9.31 Å². The maximum absolute atomic E-state index is 13.5. The number of hydrogen-bond donors (Lipinski definition) is 0. The van der Waals surface area contributed by atoms with Gasteiger partial charge in [0, 0.05) is 24.2 Å². The molecule has 3 rings (SSSR count). The zero-order chi connectivity index (χ0) is 15.0. The highest BCUT2D eigenvalue weighted by Gasteiger charge is 2.15. The van der Waals surface area contributed by atoms with Gasteiger partial charge < -0.3 is 4.57 Å². The van der Waals surface area contributed by atoms with E-state index in [0.717, 1.165) is 5.39 Å². The molecule has 0 N–H and O–H groups in total. The molecule has 0 aliphatic carbocycles. The van der Waals surface area contributed by atoms with Gasteiger partial charge in [-0.1, -0.05) is 29.8 Å². The van der Waals surface area contributed by atoms with Gasteiger partial charge >= 0.3 is 0 Å². The Morgan fingerprint density at radius 2 is 2.05 bits per heavy atom. The van der Waals surface area contributed by atoms with Gasteiger partial charge in [-0.15, -0.1) is 0 Å². The summed E-state index contributed by atoms with van der Waals surface area (Å²) in [5.74, 6) is -0.500. The van der Waals surface area contributed by atoms with E-state index in [1.165, 1.54) is 18.2 Å². The molecule has 0 bridgehead atoms. The van der Waals surface area contributed by atoms with Crippen LogP contribution in [0.25, 0.3) is 10.9 Å². The third-order valence-corrected chi connectivity index (χ3v) is 3.61. The van der Waals surface area contributed by atoms with Crippen LogP contribution < -0.4 is 0 Å². The van der Waals surface area contributed by atoms with Crippen molar-refractivity contribution in [1.29, 1.82) is 0 Å². The van der Waals surface area contributed by atoms with Crippen molar-refractivity contribution in [2.45, 2.75) is 6.54 Å². The van der Waals surface area contributed by atoms with E-state index in [1.54, 1.807) is 35.0 Å². The number of hydrogen-bond acceptors (Lipinski definition) is 2. The van der Waals surface area contributed by atoms with Gasteiger partial charge in [-0.2, -0.15) is 0 Å². The standard InChI is InChI=1S/C15H10ClFN2O2/c16-12-5-4-10(8-13(12)17)9-18-7-6-11-2-1-3-14(15(11)18)19(20)21/h1-8H,9H2. The van der Waals surface area contributed by atoms with Crippen LogP contribution in [0, 0.1) is 15.9 Å². The van der Waals surface area contributed by atoms with Crippen LogP contribution in [0.2, 0.25) is 5.02 Å². The number of benzene rings is 2. The number of fused-ring (bicyclic) bond motifs is 1. The molecule has 0 atom stereocenters. The lowest BCUT2D eigenvalue weighted by Gasteiger charge is -2.07. The summed E-state index contributed by atoms with van der Waals surface area (Å²) in [5.41, 5.74) is 1.25. The van der Waals surface area contributed by atoms with E-state index >= 15 is 0 Å². The number of nitro benzene ring substituents is 1. The average molecular weight is 305 g/mol. The van der Waals surface area contributed by atoms with E-state index in [-0.39, 0.29) is 10.7 Å². The smallest absolute Gasteiger partial charge is 0.293 e. The molecule has 3 aromatic rings. The van der Waals surface area contributed by atoms with Crippen LogP contribution >= 0.6 is 11.6 Å². The first-order chi connectivity index (χ1) is 10.1. The van der Waals surface area contributed by atoms with Gasteiger partial charge in [0.05, 0.1) is 9.95 Å². The maximum Gasteiger partial charge on any atom is 0.293 e. The first-order valence-electron chi connectivity index (χ1n) is 6.22. The van der Waals surface area contributed by atoms with E-state index in [9.17, 15) is 14.5 Å². The van der Waals surface area contributed by atoms with Crippen molar-refractivity contribution in [2.24, 2.45) is 0 Å². The fourth-order valence-electron chi connectivity index (χ4n) is 2.35. The zero-order valence-corrected chi connectivity index (χ0v) is 11.5. The Kier molecular flexibility index (Phi) is 3.35. The Morgan fingerprint density at radius 3 is 2.76 bits per heavy atom. The Labute approximate surface area is 124 Å². The van der Waals surface area contributed by atoms with Crippen LogP contribution in [-0.2, 0) is 6.54 Å². The van der Waals surface area contributed by atoms with E-state index in [4.69, 9.17) is 11.6 Å². The number of non-ortho nitro benzene ring substituents is 1. The number of rotatable bonds is 3. The molecule has 0 fully saturated rings. The van der Waals surface area contributed by atoms with Crippen molar-refractivity contribution in [3.8, 4) is 0 Å². The molecule has 106 valence electrons. The van der Waals surface area contributed by atoms with E-state index in [2.05, 4.69) is 0 Å². The minimum absolute atomic E-state index is 0.0342. The summed E-state index contributed by atoms with van der Waals surface area (Å²) >= 11 is 5.65. The first-order valence-corrected chi connectivity index (χ1v) is 6.60. The Hall–Kier alpha value is -2.40. The van der Waals surface area contributed by atoms with Gasteiger partial charge in [0.2, 0.25) is 0 Å². The fourth-order valence-corrected chi connectivity index (χ4v) is 2.47. The Balaban J connectivity index is 2.08. The number of nitrogens with zero attached hydrogens (tertiary/aromatic N) is 2. The number of para-hydroxylation sites is 1. The topological polar surface area (TPSA) is 48.1 Å². The number of nitro groups is 1. The van der Waals surface area contributed by atoms with Crippen molar-refractivity contribution in [3.63, 3.8) is 0 Å².